The molecule has 2 heterocycles. The van der Waals surface area contributed by atoms with Crippen molar-refractivity contribution in [3.63, 3.8) is 0 Å². The Labute approximate surface area is 199 Å². The first kappa shape index (κ1) is 20.1. The van der Waals surface area contributed by atoms with Gasteiger partial charge in [-0.25, -0.2) is 4.98 Å². The fraction of sp³-hybridized carbons (Fsp3) is 0. The molecule has 0 saturated heterocycles. The summed E-state index contributed by atoms with van der Waals surface area (Å²) in [4.78, 5) is 17.2. The van der Waals surface area contributed by atoms with Crippen molar-refractivity contribution in [2.24, 2.45) is 0 Å². The lowest BCUT2D eigenvalue weighted by molar-refractivity contribution is 0.0953. The molecule has 0 spiro atoms. The fourth-order valence-electron chi connectivity index (χ4n) is 3.95. The maximum absolute atomic E-state index is 12.5. The summed E-state index contributed by atoms with van der Waals surface area (Å²) in [6, 6.07) is 28.7. The zero-order chi connectivity index (χ0) is 23.1. The number of rotatable bonds is 3. The topological polar surface area (TPSA) is 80.3 Å². The average Bonchev–Trinajstić information content (AvgIpc) is 3.47. The number of nitrogens with zero attached hydrogens (tertiary/aromatic N) is 1. The van der Waals surface area contributed by atoms with Crippen molar-refractivity contribution in [2.45, 2.75) is 0 Å². The molecule has 1 amide bonds. The Hall–Kier alpha value is -4.49. The molecule has 0 aliphatic carbocycles. The first-order valence-electron chi connectivity index (χ1n) is 10.6. The molecule has 34 heavy (non-hydrogen) atoms. The molecule has 6 aromatic rings. The van der Waals surface area contributed by atoms with Gasteiger partial charge in [0, 0.05) is 16.6 Å². The van der Waals surface area contributed by atoms with Crippen molar-refractivity contribution in [1.82, 2.24) is 10.3 Å². The number of amides is 1. The third kappa shape index (κ3) is 3.68. The highest BCUT2D eigenvalue weighted by Crippen LogP contribution is 2.31. The average molecular weight is 464 g/mol. The molecule has 0 saturated carbocycles. The van der Waals surface area contributed by atoms with Gasteiger partial charge in [0.05, 0.1) is 0 Å². The van der Waals surface area contributed by atoms with Crippen molar-refractivity contribution >= 4 is 61.8 Å². The van der Waals surface area contributed by atoms with Gasteiger partial charge in [0.25, 0.3) is 5.91 Å². The van der Waals surface area contributed by atoms with Crippen molar-refractivity contribution in [1.29, 1.82) is 0 Å². The second kappa shape index (κ2) is 8.13. The van der Waals surface area contributed by atoms with Crippen LogP contribution >= 0.6 is 12.2 Å². The highest BCUT2D eigenvalue weighted by atomic mass is 32.1. The number of aromatic nitrogens is 1. The molecule has 0 fully saturated rings. The minimum atomic E-state index is -0.422. The summed E-state index contributed by atoms with van der Waals surface area (Å²) in [5, 5.41) is 8.87. The number of para-hydroxylation sites is 1. The molecule has 0 unspecified atom stereocenters. The van der Waals surface area contributed by atoms with Gasteiger partial charge >= 0.3 is 0 Å². The van der Waals surface area contributed by atoms with E-state index in [0.717, 1.165) is 21.7 Å². The van der Waals surface area contributed by atoms with Crippen LogP contribution in [0.25, 0.3) is 44.3 Å². The summed E-state index contributed by atoms with van der Waals surface area (Å²) in [7, 11) is 0. The quantitative estimate of drug-likeness (QED) is 0.291. The Bertz CT molecular complexity index is 1680. The molecular weight excluding hydrogens is 446 g/mol. The molecule has 164 valence electrons. The summed E-state index contributed by atoms with van der Waals surface area (Å²) in [5.41, 5.74) is 3.59. The lowest BCUT2D eigenvalue weighted by atomic mass is 10.0. The van der Waals surface area contributed by atoms with E-state index in [-0.39, 0.29) is 10.9 Å². The number of hydrogen-bond acceptors (Lipinski definition) is 5. The summed E-state index contributed by atoms with van der Waals surface area (Å²) >= 11 is 5.32. The minimum Gasteiger partial charge on any atom is -0.451 e. The van der Waals surface area contributed by atoms with Crippen LogP contribution < -0.4 is 10.6 Å². The minimum absolute atomic E-state index is 0.155. The maximum Gasteiger partial charge on any atom is 0.293 e. The van der Waals surface area contributed by atoms with Crippen LogP contribution in [0.2, 0.25) is 0 Å². The highest BCUT2D eigenvalue weighted by molar-refractivity contribution is 7.80. The molecule has 0 aliphatic heterocycles. The van der Waals surface area contributed by atoms with Gasteiger partial charge in [0.15, 0.2) is 16.5 Å². The molecule has 6 nitrogen and oxygen atoms in total. The predicted octanol–water partition coefficient (Wildman–Crippen LogP) is 6.52. The number of hydrogen-bond donors (Lipinski definition) is 2. The second-order valence-corrected chi connectivity index (χ2v) is 8.19. The van der Waals surface area contributed by atoms with Crippen molar-refractivity contribution in [3.05, 3.63) is 96.8 Å². The molecule has 0 aliphatic rings. The first-order chi connectivity index (χ1) is 16.6. The number of nitrogens with one attached hydrogen (secondary N) is 2. The largest absolute Gasteiger partial charge is 0.451 e. The lowest BCUT2D eigenvalue weighted by Crippen LogP contribution is -2.33. The van der Waals surface area contributed by atoms with Crippen molar-refractivity contribution in [2.75, 3.05) is 5.32 Å². The van der Waals surface area contributed by atoms with E-state index in [1.54, 1.807) is 6.07 Å². The molecular formula is C27H17N3O3S. The number of fused-ring (bicyclic) bond motifs is 3. The number of carbonyl (C=O) groups is 1. The molecule has 0 radical (unpaired) electrons. The van der Waals surface area contributed by atoms with Gasteiger partial charge in [-0.15, -0.1) is 0 Å². The highest BCUT2D eigenvalue weighted by Gasteiger charge is 2.15. The molecule has 0 bridgehead atoms. The third-order valence-corrected chi connectivity index (χ3v) is 5.75. The van der Waals surface area contributed by atoms with Gasteiger partial charge in [-0.3, -0.25) is 10.1 Å². The maximum atomic E-state index is 12.5. The van der Waals surface area contributed by atoms with Crippen LogP contribution in [-0.4, -0.2) is 16.0 Å². The van der Waals surface area contributed by atoms with Crippen LogP contribution in [-0.2, 0) is 0 Å². The number of thiocarbonyl (C=S) groups is 1. The third-order valence-electron chi connectivity index (χ3n) is 5.54. The molecule has 4 aromatic carbocycles. The van der Waals surface area contributed by atoms with Gasteiger partial charge in [0.2, 0.25) is 5.89 Å². The molecule has 0 atom stereocenters. The van der Waals surface area contributed by atoms with E-state index in [4.69, 9.17) is 21.1 Å². The van der Waals surface area contributed by atoms with Gasteiger partial charge in [-0.2, -0.15) is 0 Å². The van der Waals surface area contributed by atoms with Gasteiger partial charge in [-0.05, 0) is 59.4 Å². The van der Waals surface area contributed by atoms with Crippen LogP contribution in [0.4, 0.5) is 5.69 Å². The van der Waals surface area contributed by atoms with Crippen LogP contribution in [0.3, 0.4) is 0 Å². The number of furan rings is 1. The van der Waals surface area contributed by atoms with Crippen molar-refractivity contribution in [3.8, 4) is 11.5 Å². The monoisotopic (exact) mass is 463 g/mol. The second-order valence-electron chi connectivity index (χ2n) is 7.78. The number of carbonyl (C=O) groups excluding carboxylic acids is 1. The van der Waals surface area contributed by atoms with Crippen LogP contribution in [0, 0.1) is 0 Å². The molecule has 6 rings (SSSR count). The summed E-state index contributed by atoms with van der Waals surface area (Å²) in [6.45, 7) is 0. The van der Waals surface area contributed by atoms with Crippen LogP contribution in [0.1, 0.15) is 10.6 Å². The van der Waals surface area contributed by atoms with E-state index >= 15 is 0 Å². The SMILES string of the molecule is O=C(NC(=S)Nc1ccc2oc(-c3cccc4ccccc34)nc2c1)c1cc2ccccc2o1. The lowest BCUT2D eigenvalue weighted by Gasteiger charge is -2.08. The van der Waals surface area contributed by atoms with Gasteiger partial charge in [-0.1, -0.05) is 54.6 Å². The Morgan fingerprint density at radius 1 is 0.794 bits per heavy atom. The summed E-state index contributed by atoms with van der Waals surface area (Å²) in [5.74, 6) is 0.316. The fourth-order valence-corrected chi connectivity index (χ4v) is 4.16. The number of anilines is 1. The first-order valence-corrected chi connectivity index (χ1v) is 11.0. The van der Waals surface area contributed by atoms with Crippen molar-refractivity contribution < 1.29 is 13.6 Å². The van der Waals surface area contributed by atoms with Gasteiger partial charge < -0.3 is 14.2 Å². The number of oxazole rings is 1. The summed E-state index contributed by atoms with van der Waals surface area (Å²) < 4.78 is 11.6. The Morgan fingerprint density at radius 3 is 2.47 bits per heavy atom. The Kier molecular flexibility index (Phi) is 4.82. The molecule has 2 aromatic heterocycles. The zero-order valence-corrected chi connectivity index (χ0v) is 18.6. The van der Waals surface area contributed by atoms with E-state index in [1.165, 1.54) is 0 Å². The van der Waals surface area contributed by atoms with Gasteiger partial charge in [0.1, 0.15) is 11.1 Å². The van der Waals surface area contributed by atoms with E-state index in [1.807, 2.05) is 66.7 Å². The van der Waals surface area contributed by atoms with Crippen LogP contribution in [0.5, 0.6) is 0 Å². The Balaban J connectivity index is 1.22. The van der Waals surface area contributed by atoms with E-state index in [2.05, 4.69) is 33.8 Å². The number of benzene rings is 4. The summed E-state index contributed by atoms with van der Waals surface area (Å²) in [6.07, 6.45) is 0. The smallest absolute Gasteiger partial charge is 0.293 e. The molecule has 2 N–H and O–H groups in total. The Morgan fingerprint density at radius 2 is 1.59 bits per heavy atom. The molecule has 7 heteroatoms. The van der Waals surface area contributed by atoms with E-state index in [0.29, 0.717) is 28.3 Å². The van der Waals surface area contributed by atoms with Crippen LogP contribution in [0.15, 0.2) is 99.8 Å². The normalized spacial score (nSPS) is 11.2. The van der Waals surface area contributed by atoms with E-state index in [9.17, 15) is 4.79 Å². The standard InChI is InChI=1S/C27H17N3O3S/c31-25(24-14-17-7-2-4-11-22(17)32-24)30-27(34)28-18-12-13-23-21(15-18)29-26(33-23)20-10-5-8-16-6-1-3-9-19(16)20/h1-15H,(H2,28,30,31,34). The predicted molar refractivity (Wildman–Crippen MR) is 137 cm³/mol. The zero-order valence-electron chi connectivity index (χ0n) is 17.7. The van der Waals surface area contributed by atoms with E-state index < -0.39 is 5.91 Å².